The van der Waals surface area contributed by atoms with Crippen LogP contribution in [0.25, 0.3) is 0 Å². The molecule has 0 radical (unpaired) electrons. The van der Waals surface area contributed by atoms with Crippen LogP contribution in [0.2, 0.25) is 0 Å². The van der Waals surface area contributed by atoms with Gasteiger partial charge in [0.1, 0.15) is 0 Å². The van der Waals surface area contributed by atoms with E-state index < -0.39 is 0 Å². The predicted molar refractivity (Wildman–Crippen MR) is 69.1 cm³/mol. The minimum absolute atomic E-state index is 0.347. The van der Waals surface area contributed by atoms with Crippen molar-refractivity contribution in [2.45, 2.75) is 6.92 Å². The van der Waals surface area contributed by atoms with E-state index in [-0.39, 0.29) is 5.97 Å². The first kappa shape index (κ1) is 17.1. The average molecular weight is 231 g/mol. The zero-order chi connectivity index (χ0) is 13.5. The lowest BCUT2D eigenvalue weighted by Crippen LogP contribution is -1.98. The molecule has 17 heavy (non-hydrogen) atoms. The summed E-state index contributed by atoms with van der Waals surface area (Å²) >= 11 is 0. The topological polar surface area (TPSA) is 50.1 Å². The van der Waals surface area contributed by atoms with Gasteiger partial charge in [0, 0.05) is 11.6 Å². The molecule has 0 amide bonds. The Morgan fingerprint density at radius 2 is 1.53 bits per heavy atom. The first-order chi connectivity index (χ1) is 8.09. The molecule has 90 valence electrons. The number of methoxy groups -OCH3 is 1. The Morgan fingerprint density at radius 1 is 1.24 bits per heavy atom. The van der Waals surface area contributed by atoms with Gasteiger partial charge in [0.25, 0.3) is 0 Å². The standard InChI is InChI=1S/C6H6.C5H8O2.C3H3N/c1-2-4-6-5-3-1;1-4(2)5(6)7-3;1-2-3-4/h1-6H;1H2,2-3H3;2H,1H2. The summed E-state index contributed by atoms with van der Waals surface area (Å²) in [6.07, 6.45) is 1.18. The highest BCUT2D eigenvalue weighted by atomic mass is 16.5. The van der Waals surface area contributed by atoms with Crippen molar-refractivity contribution in [3.8, 4) is 6.07 Å². The molecular weight excluding hydrogens is 214 g/mol. The van der Waals surface area contributed by atoms with Crippen molar-refractivity contribution in [3.05, 3.63) is 61.2 Å². The molecule has 0 unspecified atom stereocenters. The second-order valence-corrected chi connectivity index (χ2v) is 2.76. The van der Waals surface area contributed by atoms with Gasteiger partial charge in [-0.1, -0.05) is 49.6 Å². The molecule has 3 nitrogen and oxygen atoms in total. The minimum atomic E-state index is -0.347. The first-order valence-corrected chi connectivity index (χ1v) is 4.84. The molecule has 0 saturated carbocycles. The molecule has 1 aromatic rings. The van der Waals surface area contributed by atoms with Gasteiger partial charge in [0.15, 0.2) is 0 Å². The number of benzene rings is 1. The van der Waals surface area contributed by atoms with Crippen molar-refractivity contribution in [2.24, 2.45) is 0 Å². The van der Waals surface area contributed by atoms with Crippen LogP contribution in [0.3, 0.4) is 0 Å². The second-order valence-electron chi connectivity index (χ2n) is 2.76. The van der Waals surface area contributed by atoms with Gasteiger partial charge in [0.05, 0.1) is 13.2 Å². The Hall–Kier alpha value is -2.34. The van der Waals surface area contributed by atoms with E-state index >= 15 is 0 Å². The van der Waals surface area contributed by atoms with E-state index in [1.165, 1.54) is 13.2 Å². The third kappa shape index (κ3) is 16.3. The average Bonchev–Trinajstić information content (AvgIpc) is 2.40. The molecule has 0 aliphatic carbocycles. The Kier molecular flexibility index (Phi) is 13.7. The lowest BCUT2D eigenvalue weighted by atomic mass is 10.4. The zero-order valence-corrected chi connectivity index (χ0v) is 10.2. The molecule has 0 fully saturated rings. The maximum Gasteiger partial charge on any atom is 0.332 e. The fraction of sp³-hybridized carbons (Fsp3) is 0.143. The van der Waals surface area contributed by atoms with Crippen molar-refractivity contribution in [1.29, 1.82) is 5.26 Å². The van der Waals surface area contributed by atoms with Gasteiger partial charge in [-0.15, -0.1) is 0 Å². The fourth-order valence-corrected chi connectivity index (χ4v) is 0.559. The number of allylic oxidation sites excluding steroid dienone is 1. The summed E-state index contributed by atoms with van der Waals surface area (Å²) in [5.41, 5.74) is 0.433. The van der Waals surface area contributed by atoms with Gasteiger partial charge in [-0.05, 0) is 6.92 Å². The Labute approximate surface area is 103 Å². The maximum atomic E-state index is 10.2. The molecule has 1 aromatic carbocycles. The van der Waals surface area contributed by atoms with Gasteiger partial charge in [-0.2, -0.15) is 5.26 Å². The lowest BCUT2D eigenvalue weighted by molar-refractivity contribution is -0.136. The quantitative estimate of drug-likeness (QED) is 0.424. The summed E-state index contributed by atoms with van der Waals surface area (Å²) in [6, 6.07) is 13.7. The number of hydrogen-bond acceptors (Lipinski definition) is 3. The van der Waals surface area contributed by atoms with E-state index in [1.54, 1.807) is 13.0 Å². The molecule has 0 atom stereocenters. The van der Waals surface area contributed by atoms with E-state index in [9.17, 15) is 4.79 Å². The summed E-state index contributed by atoms with van der Waals surface area (Å²) in [5, 5.41) is 7.51. The van der Waals surface area contributed by atoms with Crippen LogP contribution < -0.4 is 0 Å². The van der Waals surface area contributed by atoms with Crippen LogP contribution >= 0.6 is 0 Å². The van der Waals surface area contributed by atoms with E-state index in [1.807, 2.05) is 36.4 Å². The summed E-state index contributed by atoms with van der Waals surface area (Å²) in [4.78, 5) is 10.2. The Morgan fingerprint density at radius 3 is 1.59 bits per heavy atom. The minimum Gasteiger partial charge on any atom is -0.466 e. The smallest absolute Gasteiger partial charge is 0.332 e. The monoisotopic (exact) mass is 231 g/mol. The van der Waals surface area contributed by atoms with Gasteiger partial charge in [-0.25, -0.2) is 4.79 Å². The molecule has 3 heteroatoms. The third-order valence-electron chi connectivity index (χ3n) is 1.29. The summed E-state index contributed by atoms with van der Waals surface area (Å²) in [6.45, 7) is 8.07. The molecule has 0 aliphatic heterocycles. The molecule has 0 aromatic heterocycles. The highest BCUT2D eigenvalue weighted by Crippen LogP contribution is 1.87. The third-order valence-corrected chi connectivity index (χ3v) is 1.29. The van der Waals surface area contributed by atoms with Crippen molar-refractivity contribution >= 4 is 5.97 Å². The van der Waals surface area contributed by atoms with Crippen molar-refractivity contribution in [3.63, 3.8) is 0 Å². The van der Waals surface area contributed by atoms with Gasteiger partial charge >= 0.3 is 5.97 Å². The van der Waals surface area contributed by atoms with E-state index in [0.717, 1.165) is 0 Å². The molecule has 0 saturated heterocycles. The molecule has 0 spiro atoms. The van der Waals surface area contributed by atoms with Crippen LogP contribution in [0.4, 0.5) is 0 Å². The number of esters is 1. The van der Waals surface area contributed by atoms with E-state index in [0.29, 0.717) is 5.57 Å². The first-order valence-electron chi connectivity index (χ1n) is 4.84. The second kappa shape index (κ2) is 13.7. The van der Waals surface area contributed by atoms with E-state index in [2.05, 4.69) is 17.9 Å². The zero-order valence-electron chi connectivity index (χ0n) is 10.2. The number of nitriles is 1. The van der Waals surface area contributed by atoms with Gasteiger partial charge in [0.2, 0.25) is 0 Å². The van der Waals surface area contributed by atoms with Crippen molar-refractivity contribution < 1.29 is 9.53 Å². The molecule has 0 bridgehead atoms. The Bertz CT molecular complexity index is 337. The SMILES string of the molecule is C=C(C)C(=O)OC.C=CC#N.c1ccccc1. The lowest BCUT2D eigenvalue weighted by Gasteiger charge is -1.91. The number of ether oxygens (including phenoxy) is 1. The van der Waals surface area contributed by atoms with Crippen LogP contribution in [-0.2, 0) is 9.53 Å². The van der Waals surface area contributed by atoms with Crippen LogP contribution in [-0.4, -0.2) is 13.1 Å². The summed E-state index contributed by atoms with van der Waals surface area (Å²) in [5.74, 6) is -0.347. The van der Waals surface area contributed by atoms with Crippen LogP contribution in [0.15, 0.2) is 61.2 Å². The predicted octanol–water partition coefficient (Wildman–Crippen LogP) is 3.12. The largest absolute Gasteiger partial charge is 0.466 e. The van der Waals surface area contributed by atoms with E-state index in [4.69, 9.17) is 5.26 Å². The number of nitrogens with zero attached hydrogens (tertiary/aromatic N) is 1. The molecule has 1 rings (SSSR count). The molecule has 0 heterocycles. The van der Waals surface area contributed by atoms with Gasteiger partial charge in [-0.3, -0.25) is 0 Å². The van der Waals surface area contributed by atoms with Crippen molar-refractivity contribution in [2.75, 3.05) is 7.11 Å². The number of rotatable bonds is 1. The highest BCUT2D eigenvalue weighted by molar-refractivity contribution is 5.86. The maximum absolute atomic E-state index is 10.2. The molecular formula is C14H17NO2. The van der Waals surface area contributed by atoms with Crippen molar-refractivity contribution in [1.82, 2.24) is 0 Å². The Balaban J connectivity index is 0. The van der Waals surface area contributed by atoms with Gasteiger partial charge < -0.3 is 4.74 Å². The molecule has 0 N–H and O–H groups in total. The number of carbonyl (C=O) groups excluding carboxylic acids is 1. The van der Waals surface area contributed by atoms with Crippen LogP contribution in [0.1, 0.15) is 6.92 Å². The number of carbonyl (C=O) groups is 1. The fourth-order valence-electron chi connectivity index (χ4n) is 0.559. The molecule has 0 aliphatic rings. The summed E-state index contributed by atoms with van der Waals surface area (Å²) in [7, 11) is 1.33. The highest BCUT2D eigenvalue weighted by Gasteiger charge is 1.95. The van der Waals surface area contributed by atoms with Crippen LogP contribution in [0, 0.1) is 11.3 Å². The normalized spacial score (nSPS) is 6.88. The van der Waals surface area contributed by atoms with Crippen LogP contribution in [0.5, 0.6) is 0 Å². The summed E-state index contributed by atoms with van der Waals surface area (Å²) < 4.78 is 4.27. The number of hydrogen-bond donors (Lipinski definition) is 0.